The van der Waals surface area contributed by atoms with Gasteiger partial charge in [-0.15, -0.1) is 11.3 Å². The van der Waals surface area contributed by atoms with Crippen LogP contribution in [0.5, 0.6) is 0 Å². The Bertz CT molecular complexity index is 991. The number of anilines is 1. The van der Waals surface area contributed by atoms with Crippen LogP contribution in [0.4, 0.5) is 10.3 Å². The maximum Gasteiger partial charge on any atom is 0.263 e. The highest BCUT2D eigenvalue weighted by Gasteiger charge is 2.21. The Kier molecular flexibility index (Phi) is 4.76. The van der Waals surface area contributed by atoms with Crippen molar-refractivity contribution in [3.63, 3.8) is 0 Å². The molecule has 1 N–H and O–H groups in total. The Morgan fingerprint density at radius 3 is 2.77 bits per heavy atom. The van der Waals surface area contributed by atoms with E-state index in [4.69, 9.17) is 4.98 Å². The van der Waals surface area contributed by atoms with Gasteiger partial charge in [0.2, 0.25) is 5.95 Å². The van der Waals surface area contributed by atoms with Gasteiger partial charge in [0, 0.05) is 18.0 Å². The van der Waals surface area contributed by atoms with Crippen molar-refractivity contribution in [1.29, 1.82) is 0 Å². The fourth-order valence-electron chi connectivity index (χ4n) is 3.59. The molecule has 0 unspecified atom stereocenters. The number of fused-ring (bicyclic) bond motifs is 3. The minimum atomic E-state index is -0.250. The summed E-state index contributed by atoms with van der Waals surface area (Å²) >= 11 is 1.66. The molecule has 0 amide bonds. The molecule has 2 heterocycles. The predicted octanol–water partition coefficient (Wildman–Crippen LogP) is 4.50. The molecule has 4 nitrogen and oxygen atoms in total. The fraction of sp³-hybridized carbons (Fsp3) is 0.400. The highest BCUT2D eigenvalue weighted by Crippen LogP contribution is 2.34. The summed E-state index contributed by atoms with van der Waals surface area (Å²) < 4.78 is 14.8. The van der Waals surface area contributed by atoms with Crippen LogP contribution in [0.1, 0.15) is 42.2 Å². The average molecular weight is 371 g/mol. The van der Waals surface area contributed by atoms with E-state index < -0.39 is 0 Å². The number of halogens is 1. The smallest absolute Gasteiger partial charge is 0.263 e. The summed E-state index contributed by atoms with van der Waals surface area (Å²) in [6, 6.07) is 6.38. The van der Waals surface area contributed by atoms with E-state index in [-0.39, 0.29) is 11.4 Å². The van der Waals surface area contributed by atoms with Crippen LogP contribution < -0.4 is 10.9 Å². The third-order valence-corrected chi connectivity index (χ3v) is 6.07. The van der Waals surface area contributed by atoms with Crippen LogP contribution in [0, 0.1) is 5.82 Å². The van der Waals surface area contributed by atoms with Gasteiger partial charge in [0.05, 0.1) is 5.39 Å². The Morgan fingerprint density at radius 2 is 2.00 bits per heavy atom. The molecule has 0 radical (unpaired) electrons. The van der Waals surface area contributed by atoms with Crippen molar-refractivity contribution in [2.75, 3.05) is 5.32 Å². The third kappa shape index (κ3) is 3.14. The SMILES string of the molecule is CCCn1c(NCc2ccc(F)cc2)nc2sc3c(c2c1=O)CCCC3. The van der Waals surface area contributed by atoms with Gasteiger partial charge in [0.15, 0.2) is 0 Å². The molecule has 0 saturated heterocycles. The minimum absolute atomic E-state index is 0.0675. The monoisotopic (exact) mass is 371 g/mol. The lowest BCUT2D eigenvalue weighted by molar-refractivity contribution is 0.627. The number of aromatic nitrogens is 2. The normalized spacial score (nSPS) is 13.8. The summed E-state index contributed by atoms with van der Waals surface area (Å²) in [6.45, 7) is 3.20. The van der Waals surface area contributed by atoms with Crippen LogP contribution in [0.3, 0.4) is 0 Å². The molecule has 3 aromatic rings. The molecule has 0 fully saturated rings. The number of nitrogens with zero attached hydrogens (tertiary/aromatic N) is 2. The van der Waals surface area contributed by atoms with Crippen LogP contribution in [-0.4, -0.2) is 9.55 Å². The lowest BCUT2D eigenvalue weighted by Crippen LogP contribution is -2.25. The van der Waals surface area contributed by atoms with E-state index in [2.05, 4.69) is 12.2 Å². The zero-order chi connectivity index (χ0) is 18.1. The number of thiophene rings is 1. The van der Waals surface area contributed by atoms with Crippen LogP contribution in [0.2, 0.25) is 0 Å². The maximum absolute atomic E-state index is 13.2. The van der Waals surface area contributed by atoms with Crippen LogP contribution in [0.15, 0.2) is 29.1 Å². The molecule has 0 aliphatic heterocycles. The Balaban J connectivity index is 1.74. The molecule has 26 heavy (non-hydrogen) atoms. The summed E-state index contributed by atoms with van der Waals surface area (Å²) in [4.78, 5) is 20.1. The molecule has 4 rings (SSSR count). The van der Waals surface area contributed by atoms with E-state index in [9.17, 15) is 9.18 Å². The molecular weight excluding hydrogens is 349 g/mol. The van der Waals surface area contributed by atoms with Gasteiger partial charge in [0.25, 0.3) is 5.56 Å². The number of rotatable bonds is 5. The van der Waals surface area contributed by atoms with Crippen molar-refractivity contribution in [1.82, 2.24) is 9.55 Å². The highest BCUT2D eigenvalue weighted by molar-refractivity contribution is 7.18. The van der Waals surface area contributed by atoms with Crippen LogP contribution in [0.25, 0.3) is 10.2 Å². The van der Waals surface area contributed by atoms with Gasteiger partial charge in [-0.25, -0.2) is 9.37 Å². The second-order valence-electron chi connectivity index (χ2n) is 6.76. The summed E-state index contributed by atoms with van der Waals surface area (Å²) in [7, 11) is 0. The molecule has 136 valence electrons. The highest BCUT2D eigenvalue weighted by atomic mass is 32.1. The minimum Gasteiger partial charge on any atom is -0.351 e. The largest absolute Gasteiger partial charge is 0.351 e. The molecule has 0 atom stereocenters. The predicted molar refractivity (Wildman–Crippen MR) is 105 cm³/mol. The van der Waals surface area contributed by atoms with E-state index >= 15 is 0 Å². The van der Waals surface area contributed by atoms with Gasteiger partial charge >= 0.3 is 0 Å². The van der Waals surface area contributed by atoms with E-state index in [0.717, 1.165) is 41.5 Å². The van der Waals surface area contributed by atoms with E-state index in [1.807, 2.05) is 0 Å². The standard InChI is InChI=1S/C20H22FN3OS/c1-2-11-24-19(25)17-15-5-3-4-6-16(15)26-18(17)23-20(24)22-12-13-7-9-14(21)10-8-13/h7-10H,2-6,11-12H2,1H3,(H,22,23). The van der Waals surface area contributed by atoms with Gasteiger partial charge in [-0.1, -0.05) is 19.1 Å². The van der Waals surface area contributed by atoms with E-state index in [0.29, 0.717) is 19.0 Å². The lowest BCUT2D eigenvalue weighted by Gasteiger charge is -2.14. The molecular formula is C20H22FN3OS. The first-order valence-corrected chi connectivity index (χ1v) is 10.0. The Hall–Kier alpha value is -2.21. The summed E-state index contributed by atoms with van der Waals surface area (Å²) in [5.41, 5.74) is 2.25. The first-order chi connectivity index (χ1) is 12.7. The zero-order valence-corrected chi connectivity index (χ0v) is 15.7. The topological polar surface area (TPSA) is 46.9 Å². The number of hydrogen-bond donors (Lipinski definition) is 1. The summed E-state index contributed by atoms with van der Waals surface area (Å²) in [5, 5.41) is 4.11. The molecule has 0 spiro atoms. The Labute approximate surface area is 155 Å². The molecule has 1 aromatic carbocycles. The number of hydrogen-bond acceptors (Lipinski definition) is 4. The van der Waals surface area contributed by atoms with Crippen LogP contribution >= 0.6 is 11.3 Å². The van der Waals surface area contributed by atoms with E-state index in [1.54, 1.807) is 28.0 Å². The third-order valence-electron chi connectivity index (χ3n) is 4.89. The Morgan fingerprint density at radius 1 is 1.23 bits per heavy atom. The molecule has 1 aliphatic carbocycles. The van der Waals surface area contributed by atoms with Crippen molar-refractivity contribution in [2.45, 2.75) is 52.1 Å². The lowest BCUT2D eigenvalue weighted by atomic mass is 9.97. The van der Waals surface area contributed by atoms with Gasteiger partial charge in [-0.2, -0.15) is 0 Å². The summed E-state index contributed by atoms with van der Waals surface area (Å²) in [6.07, 6.45) is 5.25. The maximum atomic E-state index is 13.2. The van der Waals surface area contributed by atoms with Gasteiger partial charge in [-0.3, -0.25) is 9.36 Å². The zero-order valence-electron chi connectivity index (χ0n) is 14.8. The first-order valence-electron chi connectivity index (χ1n) is 9.20. The summed E-state index contributed by atoms with van der Waals surface area (Å²) in [5.74, 6) is 0.354. The van der Waals surface area contributed by atoms with Crippen molar-refractivity contribution in [2.24, 2.45) is 0 Å². The molecule has 0 saturated carbocycles. The van der Waals surface area contributed by atoms with Gasteiger partial charge < -0.3 is 5.32 Å². The quantitative estimate of drug-likeness (QED) is 0.718. The molecule has 6 heteroatoms. The number of benzene rings is 1. The van der Waals surface area contributed by atoms with Gasteiger partial charge in [0.1, 0.15) is 10.6 Å². The van der Waals surface area contributed by atoms with Crippen molar-refractivity contribution < 1.29 is 4.39 Å². The molecule has 2 aromatic heterocycles. The van der Waals surface area contributed by atoms with Crippen LogP contribution in [-0.2, 0) is 25.9 Å². The average Bonchev–Trinajstić information content (AvgIpc) is 3.02. The fourth-order valence-corrected chi connectivity index (χ4v) is 4.84. The van der Waals surface area contributed by atoms with Crippen molar-refractivity contribution >= 4 is 27.5 Å². The molecule has 0 bridgehead atoms. The second kappa shape index (κ2) is 7.19. The van der Waals surface area contributed by atoms with Crippen molar-refractivity contribution in [3.8, 4) is 0 Å². The van der Waals surface area contributed by atoms with Gasteiger partial charge in [-0.05, 0) is 55.4 Å². The number of nitrogens with one attached hydrogen (secondary N) is 1. The van der Waals surface area contributed by atoms with Crippen molar-refractivity contribution in [3.05, 3.63) is 56.4 Å². The number of aryl methyl sites for hydroxylation is 2. The first kappa shape index (κ1) is 17.2. The van der Waals surface area contributed by atoms with E-state index in [1.165, 1.54) is 29.0 Å². The molecule has 1 aliphatic rings. The second-order valence-corrected chi connectivity index (χ2v) is 7.85.